The lowest BCUT2D eigenvalue weighted by atomic mass is 9.85. The Balaban J connectivity index is 4.25. The molecule has 0 aromatic carbocycles. The smallest absolute Gasteiger partial charge is 0.244 e. The second-order valence-corrected chi connectivity index (χ2v) is 11.2. The zero-order chi connectivity index (χ0) is 25.8. The van der Waals surface area contributed by atoms with Crippen molar-refractivity contribution in [3.8, 4) is 0 Å². The lowest BCUT2D eigenvalue weighted by molar-refractivity contribution is -0.135. The number of amides is 2. The number of carbonyl (C=O) groups excluding carboxylic acids is 2. The van der Waals surface area contributed by atoms with E-state index in [1.807, 2.05) is 20.8 Å². The van der Waals surface area contributed by atoms with Gasteiger partial charge in [0, 0.05) is 19.4 Å². The van der Waals surface area contributed by atoms with Crippen LogP contribution in [0.25, 0.3) is 0 Å². The molecule has 7 heteroatoms. The molecule has 1 unspecified atom stereocenters. The van der Waals surface area contributed by atoms with E-state index in [0.29, 0.717) is 11.4 Å². The first-order valence-corrected chi connectivity index (χ1v) is 14.0. The van der Waals surface area contributed by atoms with Gasteiger partial charge in [0.25, 0.3) is 0 Å². The summed E-state index contributed by atoms with van der Waals surface area (Å²) in [6, 6.07) is -0.323. The summed E-state index contributed by atoms with van der Waals surface area (Å²) in [5.74, 6) is -1.20. The van der Waals surface area contributed by atoms with Gasteiger partial charge >= 0.3 is 0 Å². The van der Waals surface area contributed by atoms with Crippen LogP contribution in [0.5, 0.6) is 0 Å². The highest BCUT2D eigenvalue weighted by molar-refractivity contribution is 7.80. The summed E-state index contributed by atoms with van der Waals surface area (Å²) in [7, 11) is 1.75. The fourth-order valence-electron chi connectivity index (χ4n) is 4.26. The maximum absolute atomic E-state index is 13.0. The SMILES string of the molecule is CCCCCCCCCCCCCCCCC(CC(=O)NO)C(=O)N[C@H](C(=S)NC)C(C)(C)C. The van der Waals surface area contributed by atoms with Gasteiger partial charge in [0.15, 0.2) is 0 Å². The standard InChI is InChI=1S/C27H53N3O3S/c1-6-7-8-9-10-11-12-13-14-15-16-17-18-19-20-22(21-23(31)30-33)25(32)29-24(26(34)28-5)27(2,3)4/h22,24,33H,6-21H2,1-5H3,(H,28,34)(H,29,32)(H,30,31)/t22?,24-/m1/s1. The molecule has 0 aromatic heterocycles. The highest BCUT2D eigenvalue weighted by Crippen LogP contribution is 2.22. The van der Waals surface area contributed by atoms with E-state index in [1.54, 1.807) is 12.5 Å². The van der Waals surface area contributed by atoms with Gasteiger partial charge < -0.3 is 10.6 Å². The normalized spacial score (nSPS) is 13.2. The first-order valence-electron chi connectivity index (χ1n) is 13.6. The molecule has 0 saturated carbocycles. The molecule has 0 fully saturated rings. The average molecular weight is 500 g/mol. The Bertz CT molecular complexity index is 564. The topological polar surface area (TPSA) is 90.5 Å². The third kappa shape index (κ3) is 16.4. The van der Waals surface area contributed by atoms with E-state index in [2.05, 4.69) is 17.6 Å². The van der Waals surface area contributed by atoms with Gasteiger partial charge in [-0.3, -0.25) is 14.8 Å². The highest BCUT2D eigenvalue weighted by atomic mass is 32.1. The quantitative estimate of drug-likeness (QED) is 0.0669. The summed E-state index contributed by atoms with van der Waals surface area (Å²) < 4.78 is 0. The van der Waals surface area contributed by atoms with Crippen molar-refractivity contribution in [2.75, 3.05) is 7.05 Å². The van der Waals surface area contributed by atoms with Gasteiger partial charge in [-0.05, 0) is 11.8 Å². The van der Waals surface area contributed by atoms with E-state index >= 15 is 0 Å². The number of rotatable bonds is 20. The van der Waals surface area contributed by atoms with Crippen LogP contribution in [0, 0.1) is 11.3 Å². The van der Waals surface area contributed by atoms with Gasteiger partial charge in [0.1, 0.15) is 0 Å². The first-order chi connectivity index (χ1) is 16.2. The molecule has 6 nitrogen and oxygen atoms in total. The Morgan fingerprint density at radius 2 is 1.26 bits per heavy atom. The molecule has 0 radical (unpaired) electrons. The van der Waals surface area contributed by atoms with Crippen LogP contribution in [0.3, 0.4) is 0 Å². The summed E-state index contributed by atoms with van der Waals surface area (Å²) in [6.07, 6.45) is 18.5. The number of nitrogens with one attached hydrogen (secondary N) is 3. The van der Waals surface area contributed by atoms with Gasteiger partial charge in [-0.2, -0.15) is 0 Å². The Morgan fingerprint density at radius 1 is 0.824 bits per heavy atom. The molecule has 0 aromatic rings. The molecule has 0 aliphatic heterocycles. The molecular formula is C27H53N3O3S. The van der Waals surface area contributed by atoms with E-state index < -0.39 is 11.8 Å². The van der Waals surface area contributed by atoms with Crippen molar-refractivity contribution in [2.24, 2.45) is 11.3 Å². The molecule has 0 bridgehead atoms. The molecule has 4 N–H and O–H groups in total. The minimum absolute atomic E-state index is 0.0239. The van der Waals surface area contributed by atoms with E-state index in [9.17, 15) is 9.59 Å². The van der Waals surface area contributed by atoms with Crippen molar-refractivity contribution in [1.29, 1.82) is 0 Å². The predicted octanol–water partition coefficient (Wildman–Crippen LogP) is 6.45. The molecule has 0 aliphatic rings. The predicted molar refractivity (Wildman–Crippen MR) is 146 cm³/mol. The number of thiocarbonyl (C=S) groups is 1. The maximum Gasteiger partial charge on any atom is 0.244 e. The minimum Gasteiger partial charge on any atom is -0.381 e. The zero-order valence-electron chi connectivity index (χ0n) is 22.6. The summed E-state index contributed by atoms with van der Waals surface area (Å²) in [5.41, 5.74) is 1.41. The Kier molecular flexibility index (Phi) is 19.3. The van der Waals surface area contributed by atoms with Crippen LogP contribution in [0.2, 0.25) is 0 Å². The van der Waals surface area contributed by atoms with Crippen molar-refractivity contribution in [1.82, 2.24) is 16.1 Å². The third-order valence-electron chi connectivity index (χ3n) is 6.49. The van der Waals surface area contributed by atoms with Gasteiger partial charge in [0.2, 0.25) is 11.8 Å². The number of carbonyl (C=O) groups is 2. The van der Waals surface area contributed by atoms with E-state index in [0.717, 1.165) is 19.3 Å². The number of likely N-dealkylation sites (N-methyl/N-ethyl adjacent to an activating group) is 1. The molecule has 200 valence electrons. The fourth-order valence-corrected chi connectivity index (χ4v) is 4.67. The molecule has 0 spiro atoms. The highest BCUT2D eigenvalue weighted by Gasteiger charge is 2.32. The van der Waals surface area contributed by atoms with Crippen molar-refractivity contribution in [2.45, 2.75) is 136 Å². The molecular weight excluding hydrogens is 446 g/mol. The lowest BCUT2D eigenvalue weighted by Crippen LogP contribution is -2.53. The number of unbranched alkanes of at least 4 members (excludes halogenated alkanes) is 13. The Morgan fingerprint density at radius 3 is 1.65 bits per heavy atom. The monoisotopic (exact) mass is 499 g/mol. The van der Waals surface area contributed by atoms with E-state index in [1.165, 1.54) is 70.6 Å². The zero-order valence-corrected chi connectivity index (χ0v) is 23.5. The van der Waals surface area contributed by atoms with E-state index in [-0.39, 0.29) is 23.8 Å². The second kappa shape index (κ2) is 20.0. The van der Waals surface area contributed by atoms with Crippen LogP contribution in [0.1, 0.15) is 130 Å². The molecule has 0 aliphatic carbocycles. The van der Waals surface area contributed by atoms with Crippen LogP contribution >= 0.6 is 12.2 Å². The summed E-state index contributed by atoms with van der Waals surface area (Å²) >= 11 is 5.40. The minimum atomic E-state index is -0.533. The van der Waals surface area contributed by atoms with Crippen LogP contribution < -0.4 is 16.1 Å². The van der Waals surface area contributed by atoms with Gasteiger partial charge in [-0.25, -0.2) is 5.48 Å². The van der Waals surface area contributed by atoms with Crippen LogP contribution in [0.4, 0.5) is 0 Å². The van der Waals surface area contributed by atoms with Crippen molar-refractivity contribution in [3.05, 3.63) is 0 Å². The molecule has 2 amide bonds. The number of hydrogen-bond donors (Lipinski definition) is 4. The lowest BCUT2D eigenvalue weighted by Gasteiger charge is -2.33. The molecule has 0 heterocycles. The van der Waals surface area contributed by atoms with Gasteiger partial charge in [-0.1, -0.05) is 130 Å². The van der Waals surface area contributed by atoms with Gasteiger partial charge in [-0.15, -0.1) is 0 Å². The van der Waals surface area contributed by atoms with Crippen LogP contribution in [-0.2, 0) is 9.59 Å². The summed E-state index contributed by atoms with van der Waals surface area (Å²) in [4.78, 5) is 25.3. The summed E-state index contributed by atoms with van der Waals surface area (Å²) in [6.45, 7) is 8.32. The van der Waals surface area contributed by atoms with E-state index in [4.69, 9.17) is 17.4 Å². The molecule has 0 rings (SSSR count). The molecule has 0 saturated heterocycles. The maximum atomic E-state index is 13.0. The molecule has 2 atom stereocenters. The first kappa shape index (κ1) is 32.8. The summed E-state index contributed by atoms with van der Waals surface area (Å²) in [5, 5.41) is 14.9. The van der Waals surface area contributed by atoms with Crippen LogP contribution in [0.15, 0.2) is 0 Å². The Labute approximate surface area is 214 Å². The fraction of sp³-hybridized carbons (Fsp3) is 0.889. The number of hydrogen-bond acceptors (Lipinski definition) is 4. The third-order valence-corrected chi connectivity index (χ3v) is 6.93. The number of hydroxylamine groups is 1. The largest absolute Gasteiger partial charge is 0.381 e. The van der Waals surface area contributed by atoms with Crippen LogP contribution in [-0.4, -0.2) is 35.1 Å². The van der Waals surface area contributed by atoms with Crippen molar-refractivity contribution >= 4 is 29.0 Å². The average Bonchev–Trinajstić information content (AvgIpc) is 2.80. The van der Waals surface area contributed by atoms with Crippen molar-refractivity contribution in [3.63, 3.8) is 0 Å². The van der Waals surface area contributed by atoms with Gasteiger partial charge in [0.05, 0.1) is 11.0 Å². The van der Waals surface area contributed by atoms with Crippen molar-refractivity contribution < 1.29 is 14.8 Å². The molecule has 34 heavy (non-hydrogen) atoms. The Hall–Kier alpha value is -1.21. The second-order valence-electron chi connectivity index (χ2n) is 10.7.